The molecule has 0 aliphatic carbocycles. The quantitative estimate of drug-likeness (QED) is 0.552. The van der Waals surface area contributed by atoms with Gasteiger partial charge in [-0.25, -0.2) is 0 Å². The molecule has 2 nitrogen and oxygen atoms in total. The lowest BCUT2D eigenvalue weighted by Gasteiger charge is -2.10. The Labute approximate surface area is 104 Å². The van der Waals surface area contributed by atoms with Crippen LogP contribution in [0.25, 0.3) is 0 Å². The first-order valence-corrected chi connectivity index (χ1v) is 6.46. The molecule has 1 aromatic carbocycles. The van der Waals surface area contributed by atoms with Gasteiger partial charge in [-0.3, -0.25) is 4.79 Å². The van der Waals surface area contributed by atoms with E-state index < -0.39 is 0 Å². The zero-order valence-electron chi connectivity index (χ0n) is 10.6. The monoisotopic (exact) mass is 234 g/mol. The maximum Gasteiger partial charge on any atom is 0.165 e. The maximum absolute atomic E-state index is 12.0. The number of benzene rings is 1. The lowest BCUT2D eigenvalue weighted by atomic mass is 9.94. The molecule has 0 spiro atoms. The molecule has 0 amide bonds. The van der Waals surface area contributed by atoms with E-state index in [1.54, 1.807) is 0 Å². The van der Waals surface area contributed by atoms with Gasteiger partial charge in [0, 0.05) is 18.1 Å². The summed E-state index contributed by atoms with van der Waals surface area (Å²) in [7, 11) is 0. The van der Waals surface area contributed by atoms with Crippen LogP contribution in [0.1, 0.15) is 49.4 Å². The normalized spacial score (nSPS) is 12.4. The largest absolute Gasteiger partial charge is 0.396 e. The van der Waals surface area contributed by atoms with Gasteiger partial charge in [-0.2, -0.15) is 0 Å². The topological polar surface area (TPSA) is 37.3 Å². The Balaban J connectivity index is 2.28. The highest BCUT2D eigenvalue weighted by molar-refractivity contribution is 5.97. The molecule has 0 saturated carbocycles. The first-order valence-electron chi connectivity index (χ1n) is 6.46. The van der Waals surface area contributed by atoms with Gasteiger partial charge in [0.1, 0.15) is 0 Å². The summed E-state index contributed by atoms with van der Waals surface area (Å²) in [6, 6.07) is 9.49. The average Bonchev–Trinajstić information content (AvgIpc) is 2.38. The minimum absolute atomic E-state index is 0.103. The Bertz CT molecular complexity index is 319. The molecule has 1 N–H and O–H groups in total. The summed E-state index contributed by atoms with van der Waals surface area (Å²) < 4.78 is 0. The van der Waals surface area contributed by atoms with Crippen LogP contribution in [0.4, 0.5) is 0 Å². The molecule has 0 fully saturated rings. The molecule has 0 saturated heterocycles. The van der Waals surface area contributed by atoms with Gasteiger partial charge in [0.25, 0.3) is 0 Å². The third-order valence-electron chi connectivity index (χ3n) is 3.05. The molecular formula is C15H22O2. The number of rotatable bonds is 8. The van der Waals surface area contributed by atoms with Gasteiger partial charge < -0.3 is 5.11 Å². The van der Waals surface area contributed by atoms with Crippen molar-refractivity contribution in [3.63, 3.8) is 0 Å². The number of carbonyl (C=O) groups excluding carboxylic acids is 1. The summed E-state index contributed by atoms with van der Waals surface area (Å²) in [4.78, 5) is 12.0. The minimum Gasteiger partial charge on any atom is -0.396 e. The second-order valence-electron chi connectivity index (χ2n) is 4.56. The number of unbranched alkanes of at least 4 members (excludes halogenated alkanes) is 3. The molecule has 0 aliphatic heterocycles. The van der Waals surface area contributed by atoms with E-state index in [9.17, 15) is 4.79 Å². The second-order valence-corrected chi connectivity index (χ2v) is 4.56. The molecule has 94 valence electrons. The van der Waals surface area contributed by atoms with Crippen molar-refractivity contribution in [1.29, 1.82) is 0 Å². The summed E-state index contributed by atoms with van der Waals surface area (Å²) >= 11 is 0. The Morgan fingerprint density at radius 2 is 1.76 bits per heavy atom. The Kier molecular flexibility index (Phi) is 6.56. The number of hydrogen-bond donors (Lipinski definition) is 1. The molecule has 1 aromatic rings. The first-order chi connectivity index (χ1) is 8.25. The predicted octanol–water partition coefficient (Wildman–Crippen LogP) is 3.45. The number of hydrogen-bond acceptors (Lipinski definition) is 2. The molecule has 17 heavy (non-hydrogen) atoms. The molecule has 0 bridgehead atoms. The fourth-order valence-electron chi connectivity index (χ4n) is 1.93. The second kappa shape index (κ2) is 8.02. The Morgan fingerprint density at radius 1 is 1.12 bits per heavy atom. The van der Waals surface area contributed by atoms with Crippen molar-refractivity contribution in [2.24, 2.45) is 5.92 Å². The van der Waals surface area contributed by atoms with Gasteiger partial charge in [-0.05, 0) is 12.8 Å². The molecule has 0 aliphatic rings. The van der Waals surface area contributed by atoms with Crippen molar-refractivity contribution >= 4 is 5.78 Å². The van der Waals surface area contributed by atoms with Crippen molar-refractivity contribution in [3.8, 4) is 0 Å². The number of ketones is 1. The maximum atomic E-state index is 12.0. The summed E-state index contributed by atoms with van der Waals surface area (Å²) in [5, 5.41) is 8.66. The lowest BCUT2D eigenvalue weighted by Crippen LogP contribution is -2.11. The summed E-state index contributed by atoms with van der Waals surface area (Å²) in [5.74, 6) is 0.347. The van der Waals surface area contributed by atoms with Crippen LogP contribution in [0.5, 0.6) is 0 Å². The van der Waals surface area contributed by atoms with Crippen LogP contribution in [-0.4, -0.2) is 17.5 Å². The van der Waals surface area contributed by atoms with Gasteiger partial charge >= 0.3 is 0 Å². The molecule has 1 atom stereocenters. The standard InChI is InChI=1S/C15H22O2/c1-13(9-5-2-3-8-12-16)15(17)14-10-6-4-7-11-14/h4,6-7,10-11,13,16H,2-3,5,8-9,12H2,1H3. The van der Waals surface area contributed by atoms with E-state index in [1.807, 2.05) is 37.3 Å². The lowest BCUT2D eigenvalue weighted by molar-refractivity contribution is 0.0922. The van der Waals surface area contributed by atoms with Crippen LogP contribution in [-0.2, 0) is 0 Å². The Hall–Kier alpha value is -1.15. The molecule has 0 heterocycles. The van der Waals surface area contributed by atoms with E-state index in [1.165, 1.54) is 0 Å². The van der Waals surface area contributed by atoms with Crippen molar-refractivity contribution in [2.75, 3.05) is 6.61 Å². The highest BCUT2D eigenvalue weighted by Crippen LogP contribution is 2.15. The van der Waals surface area contributed by atoms with E-state index in [4.69, 9.17) is 5.11 Å². The van der Waals surface area contributed by atoms with Crippen molar-refractivity contribution in [3.05, 3.63) is 35.9 Å². The van der Waals surface area contributed by atoms with Gasteiger partial charge in [0.15, 0.2) is 5.78 Å². The molecule has 2 heteroatoms. The molecule has 1 unspecified atom stereocenters. The van der Waals surface area contributed by atoms with Crippen LogP contribution in [0.3, 0.4) is 0 Å². The smallest absolute Gasteiger partial charge is 0.165 e. The van der Waals surface area contributed by atoms with Crippen molar-refractivity contribution < 1.29 is 9.90 Å². The van der Waals surface area contributed by atoms with Crippen LogP contribution in [0, 0.1) is 5.92 Å². The van der Waals surface area contributed by atoms with Gasteiger partial charge in [0.2, 0.25) is 0 Å². The van der Waals surface area contributed by atoms with Crippen molar-refractivity contribution in [2.45, 2.75) is 39.0 Å². The fourth-order valence-corrected chi connectivity index (χ4v) is 1.93. The first kappa shape index (κ1) is 13.9. The van der Waals surface area contributed by atoms with Crippen LogP contribution >= 0.6 is 0 Å². The number of Topliss-reactive ketones (excluding diaryl/α,β-unsaturated/α-hetero) is 1. The zero-order valence-corrected chi connectivity index (χ0v) is 10.6. The van der Waals surface area contributed by atoms with E-state index in [0.717, 1.165) is 37.7 Å². The average molecular weight is 234 g/mol. The predicted molar refractivity (Wildman–Crippen MR) is 70.1 cm³/mol. The van der Waals surface area contributed by atoms with Crippen molar-refractivity contribution in [1.82, 2.24) is 0 Å². The molecule has 1 rings (SSSR count). The van der Waals surface area contributed by atoms with E-state index >= 15 is 0 Å². The third kappa shape index (κ3) is 5.14. The zero-order chi connectivity index (χ0) is 12.5. The molecular weight excluding hydrogens is 212 g/mol. The van der Waals surface area contributed by atoms with Crippen LogP contribution in [0.15, 0.2) is 30.3 Å². The van der Waals surface area contributed by atoms with Gasteiger partial charge in [-0.15, -0.1) is 0 Å². The molecule has 0 aromatic heterocycles. The van der Waals surface area contributed by atoms with E-state index in [2.05, 4.69) is 0 Å². The van der Waals surface area contributed by atoms with Gasteiger partial charge in [-0.1, -0.05) is 56.5 Å². The Morgan fingerprint density at radius 3 is 2.41 bits per heavy atom. The molecule has 0 radical (unpaired) electrons. The third-order valence-corrected chi connectivity index (χ3v) is 3.05. The minimum atomic E-state index is 0.103. The van der Waals surface area contributed by atoms with E-state index in [-0.39, 0.29) is 18.3 Å². The highest BCUT2D eigenvalue weighted by Gasteiger charge is 2.13. The SMILES string of the molecule is CC(CCCCCCO)C(=O)c1ccccc1. The van der Waals surface area contributed by atoms with Crippen LogP contribution in [0.2, 0.25) is 0 Å². The number of aliphatic hydroxyl groups is 1. The van der Waals surface area contributed by atoms with Gasteiger partial charge in [0.05, 0.1) is 0 Å². The van der Waals surface area contributed by atoms with E-state index in [0.29, 0.717) is 0 Å². The highest BCUT2D eigenvalue weighted by atomic mass is 16.2. The fraction of sp³-hybridized carbons (Fsp3) is 0.533. The number of carbonyl (C=O) groups is 1. The van der Waals surface area contributed by atoms with Crippen LogP contribution < -0.4 is 0 Å². The number of aliphatic hydroxyl groups excluding tert-OH is 1. The summed E-state index contributed by atoms with van der Waals surface area (Å²) in [6.07, 6.45) is 5.05. The summed E-state index contributed by atoms with van der Waals surface area (Å²) in [5.41, 5.74) is 0.815. The summed E-state index contributed by atoms with van der Waals surface area (Å²) in [6.45, 7) is 2.28.